The van der Waals surface area contributed by atoms with Gasteiger partial charge >= 0.3 is 0 Å². The molecule has 0 heterocycles. The van der Waals surface area contributed by atoms with E-state index in [1.807, 2.05) is 30.3 Å². The first kappa shape index (κ1) is 11.9. The van der Waals surface area contributed by atoms with Gasteiger partial charge in [-0.15, -0.1) is 0 Å². The van der Waals surface area contributed by atoms with Crippen LogP contribution in [0.4, 0.5) is 0 Å². The molecule has 1 aromatic rings. The third kappa shape index (κ3) is 3.85. The monoisotopic (exact) mass is 226 g/mol. The van der Waals surface area contributed by atoms with Crippen LogP contribution in [0.15, 0.2) is 35.2 Å². The van der Waals surface area contributed by atoms with Gasteiger partial charge in [-0.2, -0.15) is 0 Å². The van der Waals surface area contributed by atoms with Crippen molar-refractivity contribution in [3.63, 3.8) is 0 Å². The molecule has 0 aromatic heterocycles. The van der Waals surface area contributed by atoms with E-state index in [9.17, 15) is 8.42 Å². The van der Waals surface area contributed by atoms with Gasteiger partial charge in [-0.3, -0.25) is 0 Å². The Morgan fingerprint density at radius 3 is 2.40 bits per heavy atom. The van der Waals surface area contributed by atoms with Crippen molar-refractivity contribution in [2.45, 2.75) is 0 Å². The van der Waals surface area contributed by atoms with E-state index in [4.69, 9.17) is 4.74 Å². The van der Waals surface area contributed by atoms with Crippen LogP contribution >= 0.6 is 0 Å². The highest BCUT2D eigenvalue weighted by atomic mass is 32.2. The minimum Gasteiger partial charge on any atom is -0.379 e. The number of rotatable bonds is 4. The van der Waals surface area contributed by atoms with E-state index in [2.05, 4.69) is 0 Å². The molecule has 0 fully saturated rings. The Labute approximate surface area is 90.3 Å². The summed E-state index contributed by atoms with van der Waals surface area (Å²) in [6, 6.07) is 9.30. The summed E-state index contributed by atoms with van der Waals surface area (Å²) in [5.74, 6) is 0. The first-order valence-corrected chi connectivity index (χ1v) is 6.38. The smallest absolute Gasteiger partial charge is 0.174 e. The van der Waals surface area contributed by atoms with Crippen LogP contribution in [0.2, 0.25) is 0 Å². The van der Waals surface area contributed by atoms with Crippen LogP contribution < -0.4 is 0 Å². The Balaban J connectivity index is 3.05. The van der Waals surface area contributed by atoms with Crippen molar-refractivity contribution in [1.82, 2.24) is 0 Å². The fourth-order valence-electron chi connectivity index (χ4n) is 1.13. The van der Waals surface area contributed by atoms with Gasteiger partial charge < -0.3 is 4.74 Å². The topological polar surface area (TPSA) is 43.4 Å². The lowest BCUT2D eigenvalue weighted by atomic mass is 10.2. The summed E-state index contributed by atoms with van der Waals surface area (Å²) >= 11 is 0. The lowest BCUT2D eigenvalue weighted by Gasteiger charge is -2.03. The van der Waals surface area contributed by atoms with E-state index in [1.54, 1.807) is 6.08 Å². The zero-order chi connectivity index (χ0) is 11.3. The lowest BCUT2D eigenvalue weighted by Crippen LogP contribution is -2.06. The molecule has 0 atom stereocenters. The highest BCUT2D eigenvalue weighted by Crippen LogP contribution is 2.11. The zero-order valence-electron chi connectivity index (χ0n) is 8.80. The first-order valence-electron chi connectivity index (χ1n) is 4.48. The minimum atomic E-state index is -3.19. The molecule has 0 unspecified atom stereocenters. The van der Waals surface area contributed by atoms with Crippen LogP contribution in [0, 0.1) is 0 Å². The maximum absolute atomic E-state index is 11.4. The van der Waals surface area contributed by atoms with E-state index in [1.165, 1.54) is 13.4 Å². The van der Waals surface area contributed by atoms with Crippen molar-refractivity contribution >= 4 is 15.9 Å². The summed E-state index contributed by atoms with van der Waals surface area (Å²) < 4.78 is 27.6. The highest BCUT2D eigenvalue weighted by Gasteiger charge is 2.10. The summed E-state index contributed by atoms with van der Waals surface area (Å²) in [5.41, 5.74) is 0.856. The molecule has 1 rings (SSSR count). The molecule has 0 amide bonds. The number of hydrogen-bond acceptors (Lipinski definition) is 3. The molecule has 0 bridgehead atoms. The third-order valence-corrected chi connectivity index (χ3v) is 3.08. The molecule has 0 aliphatic rings. The fourth-order valence-corrected chi connectivity index (χ4v) is 1.82. The Hall–Kier alpha value is -1.13. The van der Waals surface area contributed by atoms with Crippen LogP contribution in [0.25, 0.3) is 6.08 Å². The second-order valence-electron chi connectivity index (χ2n) is 3.23. The van der Waals surface area contributed by atoms with Gasteiger partial charge in [0.15, 0.2) is 9.84 Å². The SMILES string of the molecule is COCC(=Cc1ccccc1)S(C)(=O)=O. The predicted molar refractivity (Wildman–Crippen MR) is 61.1 cm³/mol. The van der Waals surface area contributed by atoms with Gasteiger partial charge in [0.05, 0.1) is 11.5 Å². The van der Waals surface area contributed by atoms with E-state index < -0.39 is 9.84 Å². The van der Waals surface area contributed by atoms with Gasteiger partial charge in [-0.1, -0.05) is 30.3 Å². The molecule has 4 heteroatoms. The molecule has 3 nitrogen and oxygen atoms in total. The molecular weight excluding hydrogens is 212 g/mol. The van der Waals surface area contributed by atoms with Crippen molar-refractivity contribution in [3.8, 4) is 0 Å². The van der Waals surface area contributed by atoms with Crippen molar-refractivity contribution in [1.29, 1.82) is 0 Å². The Bertz CT molecular complexity index is 432. The molecule has 0 saturated carbocycles. The standard InChI is InChI=1S/C11H14O3S/c1-14-9-11(15(2,12)13)8-10-6-4-3-5-7-10/h3-8H,9H2,1-2H3. The second kappa shape index (κ2) is 5.09. The number of methoxy groups -OCH3 is 1. The van der Waals surface area contributed by atoms with Crippen LogP contribution in [0.3, 0.4) is 0 Å². The van der Waals surface area contributed by atoms with Crippen molar-refractivity contribution in [2.24, 2.45) is 0 Å². The predicted octanol–water partition coefficient (Wildman–Crippen LogP) is 1.72. The van der Waals surface area contributed by atoms with Gasteiger partial charge in [0.2, 0.25) is 0 Å². The largest absolute Gasteiger partial charge is 0.379 e. The van der Waals surface area contributed by atoms with Gasteiger partial charge in [-0.25, -0.2) is 8.42 Å². The van der Waals surface area contributed by atoms with E-state index in [0.717, 1.165) is 5.56 Å². The van der Waals surface area contributed by atoms with Crippen LogP contribution in [0.5, 0.6) is 0 Å². The molecule has 0 N–H and O–H groups in total. The molecular formula is C11H14O3S. The fraction of sp³-hybridized carbons (Fsp3) is 0.273. The summed E-state index contributed by atoms with van der Waals surface area (Å²) in [6.07, 6.45) is 2.81. The van der Waals surface area contributed by atoms with E-state index in [-0.39, 0.29) is 11.5 Å². The van der Waals surface area contributed by atoms with Gasteiger partial charge in [0.1, 0.15) is 0 Å². The third-order valence-electron chi connectivity index (χ3n) is 1.89. The highest BCUT2D eigenvalue weighted by molar-refractivity contribution is 7.94. The number of ether oxygens (including phenoxy) is 1. The maximum Gasteiger partial charge on any atom is 0.174 e. The molecule has 0 aliphatic carbocycles. The molecule has 0 spiro atoms. The first-order chi connectivity index (χ1) is 7.04. The summed E-state index contributed by atoms with van der Waals surface area (Å²) in [5, 5.41) is 0. The Kier molecular flexibility index (Phi) is 4.05. The molecule has 0 aliphatic heterocycles. The van der Waals surface area contributed by atoms with E-state index >= 15 is 0 Å². The molecule has 1 aromatic carbocycles. The maximum atomic E-state index is 11.4. The molecule has 15 heavy (non-hydrogen) atoms. The van der Waals surface area contributed by atoms with E-state index in [0.29, 0.717) is 0 Å². The lowest BCUT2D eigenvalue weighted by molar-refractivity contribution is 0.231. The number of hydrogen-bond donors (Lipinski definition) is 0. The Morgan fingerprint density at radius 2 is 1.93 bits per heavy atom. The number of benzene rings is 1. The van der Waals surface area contributed by atoms with Gasteiger partial charge in [0, 0.05) is 13.4 Å². The van der Waals surface area contributed by atoms with Gasteiger partial charge in [-0.05, 0) is 11.6 Å². The molecule has 0 saturated heterocycles. The van der Waals surface area contributed by atoms with Crippen molar-refractivity contribution in [3.05, 3.63) is 40.8 Å². The van der Waals surface area contributed by atoms with Crippen LogP contribution in [0.1, 0.15) is 5.56 Å². The number of sulfone groups is 1. The quantitative estimate of drug-likeness (QED) is 0.785. The average Bonchev–Trinajstić information content (AvgIpc) is 2.17. The average molecular weight is 226 g/mol. The summed E-state index contributed by atoms with van der Waals surface area (Å²) in [6.45, 7) is 0.105. The van der Waals surface area contributed by atoms with Crippen molar-refractivity contribution < 1.29 is 13.2 Å². The Morgan fingerprint density at radius 1 is 1.33 bits per heavy atom. The van der Waals surface area contributed by atoms with Crippen LogP contribution in [-0.2, 0) is 14.6 Å². The normalized spacial score (nSPS) is 12.8. The summed E-state index contributed by atoms with van der Waals surface area (Å²) in [7, 11) is -1.71. The van der Waals surface area contributed by atoms with Crippen molar-refractivity contribution in [2.75, 3.05) is 20.0 Å². The molecule has 0 radical (unpaired) electrons. The minimum absolute atomic E-state index is 0.105. The molecule has 82 valence electrons. The summed E-state index contributed by atoms with van der Waals surface area (Å²) in [4.78, 5) is 0.288. The van der Waals surface area contributed by atoms with Crippen LogP contribution in [-0.4, -0.2) is 28.4 Å². The zero-order valence-corrected chi connectivity index (χ0v) is 9.62. The second-order valence-corrected chi connectivity index (χ2v) is 5.30. The van der Waals surface area contributed by atoms with Gasteiger partial charge in [0.25, 0.3) is 0 Å².